The van der Waals surface area contributed by atoms with Crippen LogP contribution >= 0.6 is 0 Å². The molecule has 0 atom stereocenters. The predicted octanol–water partition coefficient (Wildman–Crippen LogP) is 0.513. The Balaban J connectivity index is 1.84. The second-order valence-electron chi connectivity index (χ2n) is 4.60. The van der Waals surface area contributed by atoms with Gasteiger partial charge in [0.15, 0.2) is 0 Å². The first-order valence-corrected chi connectivity index (χ1v) is 5.82. The fourth-order valence-corrected chi connectivity index (χ4v) is 2.42. The van der Waals surface area contributed by atoms with Gasteiger partial charge in [-0.25, -0.2) is 0 Å². The third-order valence-electron chi connectivity index (χ3n) is 3.50. The molecule has 92 valence electrons. The zero-order valence-electron chi connectivity index (χ0n) is 9.92. The second-order valence-corrected chi connectivity index (χ2v) is 4.60. The van der Waals surface area contributed by atoms with Crippen LogP contribution in [0, 0.1) is 0 Å². The zero-order chi connectivity index (χ0) is 12.9. The van der Waals surface area contributed by atoms with Crippen molar-refractivity contribution in [3.05, 3.63) is 35.4 Å². The average molecular weight is 244 g/mol. The Labute approximate surface area is 104 Å². The Morgan fingerprint density at radius 2 is 1.61 bits per heavy atom. The largest absolute Gasteiger partial charge is 0.339 e. The highest BCUT2D eigenvalue weighted by molar-refractivity contribution is 6.21. The van der Waals surface area contributed by atoms with Gasteiger partial charge in [0.25, 0.3) is 11.8 Å². The van der Waals surface area contributed by atoms with Crippen LogP contribution in [0.15, 0.2) is 24.3 Å². The molecule has 18 heavy (non-hydrogen) atoms. The molecule has 3 rings (SSSR count). The summed E-state index contributed by atoms with van der Waals surface area (Å²) in [6.45, 7) is 2.38. The molecule has 0 N–H and O–H groups in total. The van der Waals surface area contributed by atoms with E-state index < -0.39 is 0 Å². The summed E-state index contributed by atoms with van der Waals surface area (Å²) >= 11 is 0. The number of carbonyl (C=O) groups excluding carboxylic acids is 3. The Bertz CT molecular complexity index is 526. The van der Waals surface area contributed by atoms with Gasteiger partial charge in [0.05, 0.1) is 17.2 Å². The smallest absolute Gasteiger partial charge is 0.261 e. The third kappa shape index (κ3) is 1.37. The van der Waals surface area contributed by atoms with E-state index in [-0.39, 0.29) is 23.8 Å². The van der Waals surface area contributed by atoms with E-state index in [2.05, 4.69) is 0 Å². The lowest BCUT2D eigenvalue weighted by molar-refractivity contribution is -0.134. The molecular weight excluding hydrogens is 232 g/mol. The molecule has 5 nitrogen and oxygen atoms in total. The SMILES string of the molecule is CC(=O)N1CC(N2C(=O)c3ccccc3C2=O)C1. The number of nitrogens with zero attached hydrogens (tertiary/aromatic N) is 2. The Morgan fingerprint density at radius 3 is 2.06 bits per heavy atom. The van der Waals surface area contributed by atoms with Crippen molar-refractivity contribution in [2.45, 2.75) is 13.0 Å². The van der Waals surface area contributed by atoms with E-state index in [0.29, 0.717) is 24.2 Å². The maximum Gasteiger partial charge on any atom is 0.261 e. The molecule has 0 radical (unpaired) electrons. The quantitative estimate of drug-likeness (QED) is 0.676. The number of imide groups is 1. The fraction of sp³-hybridized carbons (Fsp3) is 0.308. The molecule has 0 aliphatic carbocycles. The van der Waals surface area contributed by atoms with Crippen LogP contribution in [-0.2, 0) is 4.79 Å². The van der Waals surface area contributed by atoms with Crippen LogP contribution < -0.4 is 0 Å². The minimum Gasteiger partial charge on any atom is -0.339 e. The molecule has 0 saturated carbocycles. The number of carbonyl (C=O) groups is 3. The first-order valence-electron chi connectivity index (χ1n) is 5.82. The van der Waals surface area contributed by atoms with Gasteiger partial charge in [-0.15, -0.1) is 0 Å². The van der Waals surface area contributed by atoms with E-state index in [1.165, 1.54) is 11.8 Å². The lowest BCUT2D eigenvalue weighted by atomic mass is 10.1. The maximum atomic E-state index is 12.1. The van der Waals surface area contributed by atoms with Gasteiger partial charge in [-0.2, -0.15) is 0 Å². The van der Waals surface area contributed by atoms with Crippen LogP contribution in [0.4, 0.5) is 0 Å². The van der Waals surface area contributed by atoms with Gasteiger partial charge in [-0.05, 0) is 12.1 Å². The first kappa shape index (κ1) is 11.0. The van der Waals surface area contributed by atoms with Crippen molar-refractivity contribution >= 4 is 17.7 Å². The Hall–Kier alpha value is -2.17. The highest BCUT2D eigenvalue weighted by Crippen LogP contribution is 2.27. The van der Waals surface area contributed by atoms with E-state index in [4.69, 9.17) is 0 Å². The second kappa shape index (κ2) is 3.66. The molecule has 3 amide bonds. The summed E-state index contributed by atoms with van der Waals surface area (Å²) < 4.78 is 0. The molecule has 1 fully saturated rings. The van der Waals surface area contributed by atoms with Gasteiger partial charge < -0.3 is 4.90 Å². The molecular formula is C13H12N2O3. The lowest BCUT2D eigenvalue weighted by Gasteiger charge is -2.42. The zero-order valence-corrected chi connectivity index (χ0v) is 9.92. The summed E-state index contributed by atoms with van der Waals surface area (Å²) in [4.78, 5) is 38.2. The van der Waals surface area contributed by atoms with Crippen molar-refractivity contribution in [1.82, 2.24) is 9.80 Å². The summed E-state index contributed by atoms with van der Waals surface area (Å²) in [5, 5.41) is 0. The van der Waals surface area contributed by atoms with Crippen molar-refractivity contribution in [2.24, 2.45) is 0 Å². The summed E-state index contributed by atoms with van der Waals surface area (Å²) in [5.41, 5.74) is 0.924. The van der Waals surface area contributed by atoms with Gasteiger partial charge in [0.1, 0.15) is 0 Å². The molecule has 0 aromatic heterocycles. The average Bonchev–Trinajstić information content (AvgIpc) is 2.53. The summed E-state index contributed by atoms with van der Waals surface area (Å²) in [6, 6.07) is 6.64. The molecule has 0 spiro atoms. The molecule has 1 aromatic rings. The number of hydrogen-bond donors (Lipinski definition) is 0. The summed E-state index contributed by atoms with van der Waals surface area (Å²) in [7, 11) is 0. The van der Waals surface area contributed by atoms with Gasteiger partial charge in [0, 0.05) is 20.0 Å². The molecule has 1 saturated heterocycles. The van der Waals surface area contributed by atoms with Crippen molar-refractivity contribution in [3.63, 3.8) is 0 Å². The fourth-order valence-electron chi connectivity index (χ4n) is 2.42. The molecule has 2 heterocycles. The van der Waals surface area contributed by atoms with E-state index in [1.54, 1.807) is 29.2 Å². The van der Waals surface area contributed by atoms with Crippen molar-refractivity contribution in [2.75, 3.05) is 13.1 Å². The monoisotopic (exact) mass is 244 g/mol. The van der Waals surface area contributed by atoms with Crippen LogP contribution in [0.2, 0.25) is 0 Å². The summed E-state index contributed by atoms with van der Waals surface area (Å²) in [5.74, 6) is -0.518. The van der Waals surface area contributed by atoms with Gasteiger partial charge in [-0.1, -0.05) is 12.1 Å². The van der Waals surface area contributed by atoms with Gasteiger partial charge in [0.2, 0.25) is 5.91 Å². The van der Waals surface area contributed by atoms with E-state index in [1.807, 2.05) is 0 Å². The van der Waals surface area contributed by atoms with Gasteiger partial charge >= 0.3 is 0 Å². The van der Waals surface area contributed by atoms with Crippen LogP contribution in [0.3, 0.4) is 0 Å². The Kier molecular flexibility index (Phi) is 2.23. The molecule has 2 aliphatic heterocycles. The Morgan fingerprint density at radius 1 is 1.11 bits per heavy atom. The number of likely N-dealkylation sites (tertiary alicyclic amines) is 1. The number of amides is 3. The lowest BCUT2D eigenvalue weighted by Crippen LogP contribution is -2.61. The van der Waals surface area contributed by atoms with Crippen LogP contribution in [0.25, 0.3) is 0 Å². The number of rotatable bonds is 1. The molecule has 1 aromatic carbocycles. The van der Waals surface area contributed by atoms with E-state index >= 15 is 0 Å². The topological polar surface area (TPSA) is 57.7 Å². The normalized spacial score (nSPS) is 18.9. The highest BCUT2D eigenvalue weighted by Gasteiger charge is 2.44. The number of fused-ring (bicyclic) bond motifs is 1. The molecule has 0 bridgehead atoms. The number of benzene rings is 1. The summed E-state index contributed by atoms with van der Waals surface area (Å²) in [6.07, 6.45) is 0. The molecule has 5 heteroatoms. The minimum atomic E-state index is -0.246. The van der Waals surface area contributed by atoms with Crippen molar-refractivity contribution < 1.29 is 14.4 Å². The van der Waals surface area contributed by atoms with Crippen molar-refractivity contribution in [1.29, 1.82) is 0 Å². The predicted molar refractivity (Wildman–Crippen MR) is 63.0 cm³/mol. The van der Waals surface area contributed by atoms with E-state index in [0.717, 1.165) is 0 Å². The van der Waals surface area contributed by atoms with Crippen molar-refractivity contribution in [3.8, 4) is 0 Å². The van der Waals surface area contributed by atoms with Crippen LogP contribution in [0.5, 0.6) is 0 Å². The third-order valence-corrected chi connectivity index (χ3v) is 3.50. The van der Waals surface area contributed by atoms with Gasteiger partial charge in [-0.3, -0.25) is 19.3 Å². The standard InChI is InChI=1S/C13H12N2O3/c1-8(16)14-6-9(7-14)15-12(17)10-4-2-3-5-11(10)13(15)18/h2-5,9H,6-7H2,1H3. The molecule has 0 unspecified atom stereocenters. The molecule has 2 aliphatic rings. The van der Waals surface area contributed by atoms with Crippen LogP contribution in [-0.4, -0.2) is 46.7 Å². The van der Waals surface area contributed by atoms with E-state index in [9.17, 15) is 14.4 Å². The number of hydrogen-bond acceptors (Lipinski definition) is 3. The maximum absolute atomic E-state index is 12.1. The van der Waals surface area contributed by atoms with Crippen LogP contribution in [0.1, 0.15) is 27.6 Å². The minimum absolute atomic E-state index is 0.0251. The highest BCUT2D eigenvalue weighted by atomic mass is 16.2. The first-order chi connectivity index (χ1) is 8.59.